The Balaban J connectivity index is 1.74. The van der Waals surface area contributed by atoms with E-state index in [1.54, 1.807) is 12.1 Å². The summed E-state index contributed by atoms with van der Waals surface area (Å²) in [5, 5.41) is 2.98. The van der Waals surface area contributed by atoms with Gasteiger partial charge in [-0.15, -0.1) is 6.42 Å². The van der Waals surface area contributed by atoms with Crippen molar-refractivity contribution in [3.8, 4) is 12.3 Å². The molecule has 1 fully saturated rings. The van der Waals surface area contributed by atoms with Crippen LogP contribution in [-0.2, 0) is 11.2 Å². The van der Waals surface area contributed by atoms with E-state index >= 15 is 0 Å². The van der Waals surface area contributed by atoms with E-state index < -0.39 is 0 Å². The van der Waals surface area contributed by atoms with Crippen LogP contribution in [0.1, 0.15) is 53.6 Å². The molecule has 0 atom stereocenters. The van der Waals surface area contributed by atoms with Gasteiger partial charge in [0.05, 0.1) is 5.69 Å². The van der Waals surface area contributed by atoms with Crippen molar-refractivity contribution in [2.75, 3.05) is 5.32 Å². The summed E-state index contributed by atoms with van der Waals surface area (Å²) in [6, 6.07) is 14.7. The van der Waals surface area contributed by atoms with E-state index in [1.807, 2.05) is 36.4 Å². The van der Waals surface area contributed by atoms with Gasteiger partial charge in [0.1, 0.15) is 0 Å². The van der Waals surface area contributed by atoms with Gasteiger partial charge in [-0.1, -0.05) is 49.4 Å². The first kappa shape index (κ1) is 17.9. The molecule has 0 spiro atoms. The molecule has 0 bridgehead atoms. The zero-order valence-corrected chi connectivity index (χ0v) is 14.8. The number of terminal acetylenes is 1. The molecule has 3 rings (SSSR count). The Bertz CT molecular complexity index is 841. The maximum atomic E-state index is 12.8. The maximum absolute atomic E-state index is 12.8. The van der Waals surface area contributed by atoms with E-state index in [0.717, 1.165) is 36.8 Å². The van der Waals surface area contributed by atoms with Gasteiger partial charge in [-0.3, -0.25) is 9.59 Å². The van der Waals surface area contributed by atoms with Crippen molar-refractivity contribution in [1.82, 2.24) is 0 Å². The quantitative estimate of drug-likeness (QED) is 0.635. The Hall–Kier alpha value is -2.86. The molecule has 0 unspecified atom stereocenters. The number of nitrogens with one attached hydrogen (secondary N) is 1. The number of amides is 1. The van der Waals surface area contributed by atoms with Crippen LogP contribution in [0.3, 0.4) is 0 Å². The smallest absolute Gasteiger partial charge is 0.227 e. The lowest BCUT2D eigenvalue weighted by molar-refractivity contribution is -0.120. The highest BCUT2D eigenvalue weighted by Gasteiger charge is 2.22. The van der Waals surface area contributed by atoms with Gasteiger partial charge >= 0.3 is 0 Å². The summed E-state index contributed by atoms with van der Waals surface area (Å²) in [5.41, 5.74) is 2.77. The molecule has 0 heterocycles. The highest BCUT2D eigenvalue weighted by molar-refractivity contribution is 6.06. The van der Waals surface area contributed by atoms with Gasteiger partial charge in [-0.05, 0) is 42.7 Å². The van der Waals surface area contributed by atoms with Gasteiger partial charge in [-0.25, -0.2) is 0 Å². The number of benzene rings is 2. The summed E-state index contributed by atoms with van der Waals surface area (Å²) >= 11 is 0. The molecule has 26 heavy (non-hydrogen) atoms. The predicted molar refractivity (Wildman–Crippen MR) is 104 cm³/mol. The lowest BCUT2D eigenvalue weighted by Gasteiger charge is -2.21. The van der Waals surface area contributed by atoms with E-state index in [0.29, 0.717) is 11.3 Å². The van der Waals surface area contributed by atoms with Crippen LogP contribution in [0.2, 0.25) is 0 Å². The largest absolute Gasteiger partial charge is 0.325 e. The summed E-state index contributed by atoms with van der Waals surface area (Å²) in [6.07, 6.45) is 11.0. The molecule has 1 aliphatic rings. The van der Waals surface area contributed by atoms with Crippen LogP contribution in [0.5, 0.6) is 0 Å². The van der Waals surface area contributed by atoms with Gasteiger partial charge < -0.3 is 5.32 Å². The number of hydrogen-bond acceptors (Lipinski definition) is 2. The molecule has 0 saturated heterocycles. The molecule has 132 valence electrons. The van der Waals surface area contributed by atoms with Gasteiger partial charge in [0.25, 0.3) is 0 Å². The van der Waals surface area contributed by atoms with Crippen molar-refractivity contribution >= 4 is 17.4 Å². The zero-order chi connectivity index (χ0) is 18.4. The molecule has 1 aliphatic carbocycles. The third-order valence-corrected chi connectivity index (χ3v) is 4.92. The molecule has 3 nitrogen and oxygen atoms in total. The lowest BCUT2D eigenvalue weighted by Crippen LogP contribution is -2.25. The SMILES string of the molecule is C#Cc1cccc(CC(=O)c2ccccc2NC(=O)C2CCCCC2)c1. The fourth-order valence-corrected chi connectivity index (χ4v) is 3.49. The molecule has 1 N–H and O–H groups in total. The highest BCUT2D eigenvalue weighted by Crippen LogP contribution is 2.26. The standard InChI is InChI=1S/C23H23NO2/c1-2-17-9-8-10-18(15-17)16-22(25)20-13-6-7-14-21(20)24-23(26)19-11-4-3-5-12-19/h1,6-10,13-15,19H,3-5,11-12,16H2,(H,24,26). The number of carbonyl (C=O) groups excluding carboxylic acids is 2. The first-order chi connectivity index (χ1) is 12.7. The van der Waals surface area contributed by atoms with Crippen molar-refractivity contribution < 1.29 is 9.59 Å². The van der Waals surface area contributed by atoms with Crippen molar-refractivity contribution in [3.63, 3.8) is 0 Å². The summed E-state index contributed by atoms with van der Waals surface area (Å²) in [7, 11) is 0. The fraction of sp³-hybridized carbons (Fsp3) is 0.304. The topological polar surface area (TPSA) is 46.2 Å². The van der Waals surface area contributed by atoms with Crippen LogP contribution in [0.25, 0.3) is 0 Å². The van der Waals surface area contributed by atoms with Gasteiger partial charge in [0.2, 0.25) is 5.91 Å². The normalized spacial score (nSPS) is 14.4. The lowest BCUT2D eigenvalue weighted by atomic mass is 9.88. The second kappa shape index (κ2) is 8.49. The third-order valence-electron chi connectivity index (χ3n) is 4.92. The van der Waals surface area contributed by atoms with Gasteiger partial charge in [-0.2, -0.15) is 0 Å². The van der Waals surface area contributed by atoms with Crippen molar-refractivity contribution in [2.24, 2.45) is 5.92 Å². The van der Waals surface area contributed by atoms with E-state index in [1.165, 1.54) is 6.42 Å². The fourth-order valence-electron chi connectivity index (χ4n) is 3.49. The average molecular weight is 345 g/mol. The van der Waals surface area contributed by atoms with E-state index in [2.05, 4.69) is 11.2 Å². The Morgan fingerprint density at radius 1 is 1.04 bits per heavy atom. The molecule has 0 radical (unpaired) electrons. The minimum atomic E-state index is -0.0290. The van der Waals surface area contributed by atoms with Crippen LogP contribution in [0.4, 0.5) is 5.69 Å². The molecular weight excluding hydrogens is 322 g/mol. The van der Waals surface area contributed by atoms with E-state index in [-0.39, 0.29) is 24.0 Å². The summed E-state index contributed by atoms with van der Waals surface area (Å²) in [6.45, 7) is 0. The molecule has 0 aliphatic heterocycles. The van der Waals surface area contributed by atoms with Crippen LogP contribution in [0.15, 0.2) is 48.5 Å². The van der Waals surface area contributed by atoms with Gasteiger partial charge in [0.15, 0.2) is 5.78 Å². The van der Waals surface area contributed by atoms with Gasteiger partial charge in [0, 0.05) is 23.5 Å². The number of hydrogen-bond donors (Lipinski definition) is 1. The van der Waals surface area contributed by atoms with Crippen LogP contribution >= 0.6 is 0 Å². The van der Waals surface area contributed by atoms with E-state index in [9.17, 15) is 9.59 Å². The maximum Gasteiger partial charge on any atom is 0.227 e. The van der Waals surface area contributed by atoms with Crippen molar-refractivity contribution in [2.45, 2.75) is 38.5 Å². The molecule has 2 aromatic rings. The Kier molecular flexibility index (Phi) is 5.86. The van der Waals surface area contributed by atoms with Crippen LogP contribution < -0.4 is 5.32 Å². The number of Topliss-reactive ketones (excluding diaryl/α,β-unsaturated/α-hetero) is 1. The number of para-hydroxylation sites is 1. The monoisotopic (exact) mass is 345 g/mol. The molecular formula is C23H23NO2. The van der Waals surface area contributed by atoms with Crippen molar-refractivity contribution in [3.05, 3.63) is 65.2 Å². The van der Waals surface area contributed by atoms with Crippen LogP contribution in [-0.4, -0.2) is 11.7 Å². The van der Waals surface area contributed by atoms with E-state index in [4.69, 9.17) is 6.42 Å². The Morgan fingerprint density at radius 3 is 2.58 bits per heavy atom. The summed E-state index contributed by atoms with van der Waals surface area (Å²) in [4.78, 5) is 25.3. The predicted octanol–water partition coefficient (Wildman–Crippen LogP) is 4.61. The first-order valence-corrected chi connectivity index (χ1v) is 9.16. The number of ketones is 1. The van der Waals surface area contributed by atoms with Crippen LogP contribution in [0, 0.1) is 18.3 Å². The second-order valence-corrected chi connectivity index (χ2v) is 6.81. The number of carbonyl (C=O) groups is 2. The third kappa shape index (κ3) is 4.40. The zero-order valence-electron chi connectivity index (χ0n) is 14.8. The molecule has 2 aromatic carbocycles. The summed E-state index contributed by atoms with van der Waals surface area (Å²) < 4.78 is 0. The average Bonchev–Trinajstić information content (AvgIpc) is 2.69. The number of rotatable bonds is 5. The molecule has 1 saturated carbocycles. The summed E-state index contributed by atoms with van der Waals surface area (Å²) in [5.74, 6) is 2.64. The molecule has 3 heteroatoms. The Morgan fingerprint density at radius 2 is 1.81 bits per heavy atom. The molecule has 1 amide bonds. The minimum absolute atomic E-state index is 0.0271. The minimum Gasteiger partial charge on any atom is -0.325 e. The van der Waals surface area contributed by atoms with Crippen molar-refractivity contribution in [1.29, 1.82) is 0 Å². The Labute approximate surface area is 154 Å². The first-order valence-electron chi connectivity index (χ1n) is 9.16. The molecule has 0 aromatic heterocycles. The number of anilines is 1. The highest BCUT2D eigenvalue weighted by atomic mass is 16.2. The second-order valence-electron chi connectivity index (χ2n) is 6.81.